The minimum Gasteiger partial charge on any atom is -0.492 e. The number of benzene rings is 1. The summed E-state index contributed by atoms with van der Waals surface area (Å²) in [7, 11) is 0. The molecule has 0 atom stereocenters. The Balaban J connectivity index is 2.46. The first-order valence-corrected chi connectivity index (χ1v) is 7.45. The van der Waals surface area contributed by atoms with Gasteiger partial charge in [0, 0.05) is 11.5 Å². The quantitative estimate of drug-likeness (QED) is 0.242. The molecule has 0 amide bonds. The summed E-state index contributed by atoms with van der Waals surface area (Å²) in [4.78, 5) is 10.4. The zero-order valence-corrected chi connectivity index (χ0v) is 13.8. The highest BCUT2D eigenvalue weighted by atomic mass is 79.9. The third-order valence-corrected chi connectivity index (χ3v) is 4.12. The molecule has 0 fully saturated rings. The molecule has 1 aromatic carbocycles. The Labute approximate surface area is 132 Å². The Morgan fingerprint density at radius 3 is 2.71 bits per heavy atom. The van der Waals surface area contributed by atoms with Gasteiger partial charge in [-0.2, -0.15) is 0 Å². The number of ether oxygens (including phenoxy) is 1. The summed E-state index contributed by atoms with van der Waals surface area (Å²) >= 11 is 3.19. The second-order valence-electron chi connectivity index (χ2n) is 5.45. The number of nitro groups is 1. The number of nitrogens with one attached hydrogen (secondary N) is 1. The van der Waals surface area contributed by atoms with Crippen molar-refractivity contribution in [3.8, 4) is 5.75 Å². The van der Waals surface area contributed by atoms with Gasteiger partial charge in [-0.25, -0.2) is 0 Å². The predicted molar refractivity (Wildman–Crippen MR) is 85.8 cm³/mol. The van der Waals surface area contributed by atoms with Gasteiger partial charge in [0.25, 0.3) is 5.69 Å². The maximum Gasteiger partial charge on any atom is 0.287 e. The van der Waals surface area contributed by atoms with E-state index in [-0.39, 0.29) is 16.9 Å². The monoisotopic (exact) mass is 357 g/mol. The minimum absolute atomic E-state index is 0.00906. The maximum atomic E-state index is 10.8. The lowest BCUT2D eigenvalue weighted by atomic mass is 9.86. The Kier molecular flexibility index (Phi) is 6.14. The third-order valence-electron chi connectivity index (χ3n) is 3.32. The van der Waals surface area contributed by atoms with Crippen molar-refractivity contribution >= 4 is 27.5 Å². The van der Waals surface area contributed by atoms with Crippen LogP contribution in [0.3, 0.4) is 0 Å². The second-order valence-corrected chi connectivity index (χ2v) is 6.24. The van der Waals surface area contributed by atoms with E-state index in [0.717, 1.165) is 19.3 Å². The molecule has 6 nitrogen and oxygen atoms in total. The smallest absolute Gasteiger partial charge is 0.287 e. The number of hydrogen-bond acceptors (Lipinski definition) is 4. The van der Waals surface area contributed by atoms with Crippen LogP contribution in [0.4, 0.5) is 5.69 Å². The molecule has 21 heavy (non-hydrogen) atoms. The highest BCUT2D eigenvalue weighted by Gasteiger charge is 2.20. The fourth-order valence-corrected chi connectivity index (χ4v) is 2.26. The molecule has 1 aromatic rings. The normalized spacial score (nSPS) is 11.2. The molecule has 0 spiro atoms. The number of rotatable bonds is 8. The lowest BCUT2D eigenvalue weighted by Crippen LogP contribution is -2.30. The Morgan fingerprint density at radius 2 is 2.14 bits per heavy atom. The lowest BCUT2D eigenvalue weighted by Gasteiger charge is -2.22. The summed E-state index contributed by atoms with van der Waals surface area (Å²) in [6.07, 6.45) is 2.48. The first-order valence-electron chi connectivity index (χ1n) is 6.66. The molecule has 0 aliphatic rings. The average molecular weight is 358 g/mol. The number of halogens is 1. The zero-order chi connectivity index (χ0) is 16.0. The van der Waals surface area contributed by atoms with E-state index in [4.69, 9.17) is 15.9 Å². The van der Waals surface area contributed by atoms with E-state index in [9.17, 15) is 10.1 Å². The largest absolute Gasteiger partial charge is 0.492 e. The number of nitro benzene ring substituents is 1. The Hall–Kier alpha value is -1.63. The average Bonchev–Trinajstić information content (AvgIpc) is 2.39. The van der Waals surface area contributed by atoms with E-state index in [1.807, 2.05) is 13.8 Å². The molecule has 0 aromatic heterocycles. The summed E-state index contributed by atoms with van der Waals surface area (Å²) in [6, 6.07) is 4.71. The van der Waals surface area contributed by atoms with Crippen molar-refractivity contribution in [1.29, 1.82) is 5.41 Å². The number of hydrogen-bond donors (Lipinski definition) is 2. The SMILES string of the molecule is CC(C)(CCCCOc1cccc([N+](=O)[O-])c1Br)C(=N)N. The molecule has 0 aliphatic carbocycles. The summed E-state index contributed by atoms with van der Waals surface area (Å²) < 4.78 is 5.93. The molecule has 0 aliphatic heterocycles. The second kappa shape index (κ2) is 7.40. The molecule has 0 heterocycles. The van der Waals surface area contributed by atoms with Crippen LogP contribution in [0.5, 0.6) is 5.75 Å². The summed E-state index contributed by atoms with van der Waals surface area (Å²) in [5.41, 5.74) is 5.21. The van der Waals surface area contributed by atoms with Gasteiger partial charge in [-0.3, -0.25) is 15.5 Å². The molecule has 0 bridgehead atoms. The molecule has 0 saturated heterocycles. The van der Waals surface area contributed by atoms with Crippen molar-refractivity contribution in [2.24, 2.45) is 11.1 Å². The predicted octanol–water partition coefficient (Wildman–Crippen LogP) is 3.87. The molecule has 1 rings (SSSR count). The van der Waals surface area contributed by atoms with Gasteiger partial charge in [0.2, 0.25) is 0 Å². The number of nitrogens with zero attached hydrogens (tertiary/aromatic N) is 1. The van der Waals surface area contributed by atoms with Crippen LogP contribution in [0, 0.1) is 20.9 Å². The van der Waals surface area contributed by atoms with Crippen LogP contribution in [0.1, 0.15) is 33.1 Å². The number of nitrogens with two attached hydrogens (primary N) is 1. The van der Waals surface area contributed by atoms with E-state index in [2.05, 4.69) is 15.9 Å². The van der Waals surface area contributed by atoms with Crippen molar-refractivity contribution in [1.82, 2.24) is 0 Å². The molecular formula is C14H20BrN3O3. The number of amidine groups is 1. The van der Waals surface area contributed by atoms with Crippen LogP contribution in [0.25, 0.3) is 0 Å². The van der Waals surface area contributed by atoms with Crippen LogP contribution in [0.15, 0.2) is 22.7 Å². The highest BCUT2D eigenvalue weighted by molar-refractivity contribution is 9.10. The summed E-state index contributed by atoms with van der Waals surface area (Å²) in [5.74, 6) is 0.653. The van der Waals surface area contributed by atoms with E-state index < -0.39 is 4.92 Å². The van der Waals surface area contributed by atoms with Gasteiger partial charge in [-0.15, -0.1) is 0 Å². The third kappa shape index (κ3) is 5.00. The van der Waals surface area contributed by atoms with Crippen LogP contribution < -0.4 is 10.5 Å². The van der Waals surface area contributed by atoms with Gasteiger partial charge in [0.15, 0.2) is 0 Å². The molecule has 7 heteroatoms. The first-order chi connectivity index (χ1) is 9.75. The zero-order valence-electron chi connectivity index (χ0n) is 12.2. The van der Waals surface area contributed by atoms with Gasteiger partial charge < -0.3 is 10.5 Å². The number of unbranched alkanes of at least 4 members (excludes halogenated alkanes) is 1. The Bertz CT molecular complexity index is 532. The molecule has 0 radical (unpaired) electrons. The van der Waals surface area contributed by atoms with Gasteiger partial charge >= 0.3 is 0 Å². The van der Waals surface area contributed by atoms with E-state index >= 15 is 0 Å². The van der Waals surface area contributed by atoms with Crippen molar-refractivity contribution in [2.45, 2.75) is 33.1 Å². The molecule has 0 saturated carbocycles. The highest BCUT2D eigenvalue weighted by Crippen LogP contribution is 2.34. The van der Waals surface area contributed by atoms with E-state index in [1.54, 1.807) is 12.1 Å². The van der Waals surface area contributed by atoms with Crippen molar-refractivity contribution in [2.75, 3.05) is 6.61 Å². The lowest BCUT2D eigenvalue weighted by molar-refractivity contribution is -0.385. The minimum atomic E-state index is -0.452. The van der Waals surface area contributed by atoms with Crippen molar-refractivity contribution < 1.29 is 9.66 Å². The fourth-order valence-electron chi connectivity index (χ4n) is 1.74. The molecule has 0 unspecified atom stereocenters. The molecule has 116 valence electrons. The van der Waals surface area contributed by atoms with E-state index in [0.29, 0.717) is 16.8 Å². The fraction of sp³-hybridized carbons (Fsp3) is 0.500. The first kappa shape index (κ1) is 17.4. The van der Waals surface area contributed by atoms with Gasteiger partial charge in [0.05, 0.1) is 17.4 Å². The Morgan fingerprint density at radius 1 is 1.48 bits per heavy atom. The van der Waals surface area contributed by atoms with Crippen LogP contribution in [0.2, 0.25) is 0 Å². The van der Waals surface area contributed by atoms with E-state index in [1.165, 1.54) is 6.07 Å². The standard InChI is InChI=1S/C14H20BrN3O3/c1-14(2,13(16)17)8-3-4-9-21-11-7-5-6-10(12(11)15)18(19)20/h5-7H,3-4,8-9H2,1-2H3,(H3,16,17). The van der Waals surface area contributed by atoms with Gasteiger partial charge in [-0.1, -0.05) is 19.9 Å². The maximum absolute atomic E-state index is 10.8. The molecule has 3 N–H and O–H groups in total. The van der Waals surface area contributed by atoms with Crippen LogP contribution >= 0.6 is 15.9 Å². The van der Waals surface area contributed by atoms with Crippen LogP contribution in [-0.4, -0.2) is 17.4 Å². The summed E-state index contributed by atoms with van der Waals surface area (Å²) in [6.45, 7) is 4.34. The summed E-state index contributed by atoms with van der Waals surface area (Å²) in [5, 5.41) is 18.3. The van der Waals surface area contributed by atoms with Gasteiger partial charge in [0.1, 0.15) is 10.2 Å². The van der Waals surface area contributed by atoms with Crippen molar-refractivity contribution in [3.05, 3.63) is 32.8 Å². The van der Waals surface area contributed by atoms with Crippen LogP contribution in [-0.2, 0) is 0 Å². The van der Waals surface area contributed by atoms with Gasteiger partial charge in [-0.05, 0) is 41.3 Å². The topological polar surface area (TPSA) is 102 Å². The van der Waals surface area contributed by atoms with Crippen molar-refractivity contribution in [3.63, 3.8) is 0 Å². The molecular weight excluding hydrogens is 338 g/mol.